The van der Waals surface area contributed by atoms with E-state index >= 15 is 0 Å². The normalized spacial score (nSPS) is 24.5. The zero-order valence-corrected chi connectivity index (χ0v) is 16.3. The van der Waals surface area contributed by atoms with Gasteiger partial charge in [-0.15, -0.1) is 17.9 Å². The minimum Gasteiger partial charge on any atom is -0.283 e. The van der Waals surface area contributed by atoms with Crippen molar-refractivity contribution in [3.8, 4) is 0 Å². The van der Waals surface area contributed by atoms with Crippen LogP contribution in [0, 0.1) is 11.8 Å². The highest BCUT2D eigenvalue weighted by atomic mass is 32.1. The summed E-state index contributed by atoms with van der Waals surface area (Å²) in [4.78, 5) is 47.0. The number of aryl methyl sites for hydroxylation is 2. The molecule has 3 aliphatic rings. The van der Waals surface area contributed by atoms with Gasteiger partial charge in [-0.3, -0.25) is 24.2 Å². The number of rotatable bonds is 5. The number of imide groups is 1. The van der Waals surface area contributed by atoms with E-state index < -0.39 is 0 Å². The molecule has 2 unspecified atom stereocenters. The first-order chi connectivity index (χ1) is 13.1. The fourth-order valence-electron chi connectivity index (χ4n) is 4.48. The van der Waals surface area contributed by atoms with E-state index in [9.17, 15) is 14.4 Å². The number of amides is 3. The van der Waals surface area contributed by atoms with Crippen LogP contribution in [0.3, 0.4) is 0 Å². The van der Waals surface area contributed by atoms with E-state index in [1.54, 1.807) is 22.3 Å². The molecule has 1 aliphatic heterocycles. The van der Waals surface area contributed by atoms with E-state index in [2.05, 4.69) is 11.6 Å². The number of aromatic nitrogens is 1. The highest BCUT2D eigenvalue weighted by molar-refractivity contribution is 7.16. The van der Waals surface area contributed by atoms with Gasteiger partial charge in [-0.25, -0.2) is 4.98 Å². The molecule has 1 aromatic rings. The molecule has 1 saturated heterocycles. The Labute approximate surface area is 163 Å². The predicted octanol–water partition coefficient (Wildman–Crippen LogP) is 2.72. The van der Waals surface area contributed by atoms with Crippen molar-refractivity contribution in [3.05, 3.63) is 23.2 Å². The van der Waals surface area contributed by atoms with Gasteiger partial charge in [0, 0.05) is 11.4 Å². The summed E-state index contributed by atoms with van der Waals surface area (Å²) in [6.45, 7) is 3.88. The number of nitrogens with zero attached hydrogens (tertiary/aromatic N) is 3. The van der Waals surface area contributed by atoms with Gasteiger partial charge in [-0.2, -0.15) is 0 Å². The largest absolute Gasteiger partial charge is 0.283 e. The van der Waals surface area contributed by atoms with Crippen molar-refractivity contribution in [2.75, 3.05) is 18.0 Å². The zero-order chi connectivity index (χ0) is 19.0. The molecule has 144 valence electrons. The zero-order valence-electron chi connectivity index (χ0n) is 15.5. The number of anilines is 1. The number of carbonyl (C=O) groups excluding carboxylic acids is 3. The van der Waals surface area contributed by atoms with Crippen LogP contribution in [0.1, 0.15) is 49.1 Å². The Morgan fingerprint density at radius 2 is 1.81 bits per heavy atom. The fourth-order valence-corrected chi connectivity index (χ4v) is 5.65. The van der Waals surface area contributed by atoms with E-state index in [1.807, 2.05) is 0 Å². The number of likely N-dealkylation sites (tertiary alicyclic amines) is 1. The lowest BCUT2D eigenvalue weighted by Crippen LogP contribution is -2.43. The molecule has 0 bridgehead atoms. The molecule has 2 atom stereocenters. The molecule has 4 rings (SSSR count). The molecular weight excluding hydrogens is 362 g/mol. The van der Waals surface area contributed by atoms with Gasteiger partial charge in [-0.05, 0) is 38.5 Å². The van der Waals surface area contributed by atoms with Crippen LogP contribution in [-0.2, 0) is 27.2 Å². The lowest BCUT2D eigenvalue weighted by atomic mass is 9.81. The lowest BCUT2D eigenvalue weighted by Gasteiger charge is -2.21. The molecule has 0 radical (unpaired) electrons. The maximum atomic E-state index is 13.0. The number of hydrogen-bond donors (Lipinski definition) is 0. The lowest BCUT2D eigenvalue weighted by molar-refractivity contribution is -0.143. The summed E-state index contributed by atoms with van der Waals surface area (Å²) >= 11 is 1.55. The highest BCUT2D eigenvalue weighted by Gasteiger charge is 2.48. The average molecular weight is 388 g/mol. The van der Waals surface area contributed by atoms with Gasteiger partial charge in [0.2, 0.25) is 17.7 Å². The van der Waals surface area contributed by atoms with E-state index in [0.717, 1.165) is 57.1 Å². The van der Waals surface area contributed by atoms with E-state index in [1.165, 1.54) is 9.78 Å². The van der Waals surface area contributed by atoms with Crippen LogP contribution in [-0.4, -0.2) is 40.7 Å². The van der Waals surface area contributed by atoms with Gasteiger partial charge in [0.1, 0.15) is 6.54 Å². The molecule has 0 spiro atoms. The first-order valence-corrected chi connectivity index (χ1v) is 10.7. The third-order valence-electron chi connectivity index (χ3n) is 5.90. The van der Waals surface area contributed by atoms with Crippen molar-refractivity contribution < 1.29 is 14.4 Å². The molecule has 2 aliphatic carbocycles. The molecule has 0 aromatic carbocycles. The maximum Gasteiger partial charge on any atom is 0.249 e. The Hall–Kier alpha value is -2.02. The summed E-state index contributed by atoms with van der Waals surface area (Å²) in [6.07, 6.45) is 9.39. The summed E-state index contributed by atoms with van der Waals surface area (Å²) < 4.78 is 0. The summed E-state index contributed by atoms with van der Waals surface area (Å²) in [5, 5.41) is 0.656. The van der Waals surface area contributed by atoms with Crippen LogP contribution in [0.5, 0.6) is 0 Å². The third-order valence-corrected chi connectivity index (χ3v) is 7.08. The van der Waals surface area contributed by atoms with Crippen molar-refractivity contribution >= 4 is 34.2 Å². The molecule has 2 heterocycles. The Morgan fingerprint density at radius 1 is 1.15 bits per heavy atom. The Kier molecular flexibility index (Phi) is 5.12. The first kappa shape index (κ1) is 18.3. The minimum atomic E-state index is -0.263. The second-order valence-corrected chi connectivity index (χ2v) is 8.69. The quantitative estimate of drug-likeness (QED) is 0.575. The molecule has 27 heavy (non-hydrogen) atoms. The molecule has 1 aromatic heterocycles. The van der Waals surface area contributed by atoms with Crippen molar-refractivity contribution in [2.45, 2.75) is 51.4 Å². The summed E-state index contributed by atoms with van der Waals surface area (Å²) in [5.41, 5.74) is 1.09. The fraction of sp³-hybridized carbons (Fsp3) is 0.600. The van der Waals surface area contributed by atoms with Gasteiger partial charge >= 0.3 is 0 Å². The van der Waals surface area contributed by atoms with Gasteiger partial charge in [-0.1, -0.05) is 18.9 Å². The number of fused-ring (bicyclic) bond motifs is 2. The van der Waals surface area contributed by atoms with Crippen LogP contribution in [0.2, 0.25) is 0 Å². The summed E-state index contributed by atoms with van der Waals surface area (Å²) in [7, 11) is 0. The molecule has 3 amide bonds. The van der Waals surface area contributed by atoms with Gasteiger partial charge in [0.05, 0.1) is 17.5 Å². The van der Waals surface area contributed by atoms with Gasteiger partial charge in [0.25, 0.3) is 0 Å². The van der Waals surface area contributed by atoms with Gasteiger partial charge < -0.3 is 0 Å². The second kappa shape index (κ2) is 7.54. The van der Waals surface area contributed by atoms with Crippen molar-refractivity contribution in [2.24, 2.45) is 11.8 Å². The molecule has 2 fully saturated rings. The Morgan fingerprint density at radius 3 is 2.44 bits per heavy atom. The number of carbonyl (C=O) groups is 3. The summed E-state index contributed by atoms with van der Waals surface area (Å²) in [6, 6.07) is 0. The SMILES string of the molecule is C=CCN(C(=O)CN1C(=O)C2CCCCC2C1=O)c1nc2c(s1)CCCC2. The van der Waals surface area contributed by atoms with Crippen molar-refractivity contribution in [1.82, 2.24) is 9.88 Å². The Balaban J connectivity index is 1.52. The van der Waals surface area contributed by atoms with Crippen molar-refractivity contribution in [3.63, 3.8) is 0 Å². The van der Waals surface area contributed by atoms with Crippen LogP contribution in [0.4, 0.5) is 5.13 Å². The number of hydrogen-bond acceptors (Lipinski definition) is 5. The van der Waals surface area contributed by atoms with E-state index in [-0.39, 0.29) is 36.1 Å². The average Bonchev–Trinajstić information content (AvgIpc) is 3.21. The summed E-state index contributed by atoms with van der Waals surface area (Å²) in [5.74, 6) is -1.05. The maximum absolute atomic E-state index is 13.0. The molecule has 0 N–H and O–H groups in total. The Bertz CT molecular complexity index is 740. The first-order valence-electron chi connectivity index (χ1n) is 9.85. The van der Waals surface area contributed by atoms with Crippen LogP contribution in [0.25, 0.3) is 0 Å². The van der Waals surface area contributed by atoms with Crippen LogP contribution in [0.15, 0.2) is 12.7 Å². The number of thiazole rings is 1. The molecular formula is C20H25N3O3S. The van der Waals surface area contributed by atoms with Crippen molar-refractivity contribution in [1.29, 1.82) is 0 Å². The molecule has 6 nitrogen and oxygen atoms in total. The third kappa shape index (κ3) is 3.33. The predicted molar refractivity (Wildman–Crippen MR) is 103 cm³/mol. The molecule has 7 heteroatoms. The van der Waals surface area contributed by atoms with Crippen LogP contribution >= 0.6 is 11.3 Å². The highest BCUT2D eigenvalue weighted by Crippen LogP contribution is 2.38. The smallest absolute Gasteiger partial charge is 0.249 e. The monoisotopic (exact) mass is 387 g/mol. The van der Waals surface area contributed by atoms with E-state index in [4.69, 9.17) is 0 Å². The van der Waals surface area contributed by atoms with Crippen LogP contribution < -0.4 is 4.90 Å². The minimum absolute atomic E-state index is 0.171. The second-order valence-electron chi connectivity index (χ2n) is 7.63. The van der Waals surface area contributed by atoms with Gasteiger partial charge in [0.15, 0.2) is 5.13 Å². The standard InChI is InChI=1S/C20H25N3O3S/c1-2-11-22(20-21-15-9-5-6-10-16(15)27-20)17(24)12-23-18(25)13-7-3-4-8-14(13)19(23)26/h2,13-14H,1,3-12H2. The van der Waals surface area contributed by atoms with E-state index in [0.29, 0.717) is 11.7 Å². The topological polar surface area (TPSA) is 70.6 Å². The molecule has 1 saturated carbocycles.